The summed E-state index contributed by atoms with van der Waals surface area (Å²) in [6, 6.07) is 7.49. The standard InChI is InChI=1S/C13H14ClN3OS/c14-12-13(19(18)9-5-7-15-8-6-9)17-11-4-2-1-3-10(11)16-12/h1-4,9,15H,5-8H2. The van der Waals surface area contributed by atoms with E-state index in [0.717, 1.165) is 37.0 Å². The molecule has 1 aromatic heterocycles. The molecule has 4 nitrogen and oxygen atoms in total. The van der Waals surface area contributed by atoms with Gasteiger partial charge in [0.15, 0.2) is 10.2 Å². The Bertz CT molecular complexity index is 628. The van der Waals surface area contributed by atoms with Crippen LogP contribution < -0.4 is 5.32 Å². The van der Waals surface area contributed by atoms with Crippen LogP contribution in [0, 0.1) is 0 Å². The number of piperidine rings is 1. The topological polar surface area (TPSA) is 54.9 Å². The largest absolute Gasteiger partial charge is 0.317 e. The molecular weight excluding hydrogens is 282 g/mol. The summed E-state index contributed by atoms with van der Waals surface area (Å²) in [7, 11) is -1.18. The van der Waals surface area contributed by atoms with Gasteiger partial charge in [-0.1, -0.05) is 23.7 Å². The van der Waals surface area contributed by atoms with Crippen LogP contribution in [0.3, 0.4) is 0 Å². The Hall–Kier alpha value is -1.04. The van der Waals surface area contributed by atoms with Crippen LogP contribution >= 0.6 is 11.6 Å². The number of nitrogens with zero attached hydrogens (tertiary/aromatic N) is 2. The molecule has 1 fully saturated rings. The van der Waals surface area contributed by atoms with E-state index in [2.05, 4.69) is 15.3 Å². The summed E-state index contributed by atoms with van der Waals surface area (Å²) < 4.78 is 12.6. The van der Waals surface area contributed by atoms with Crippen LogP contribution in [0.4, 0.5) is 0 Å². The number of hydrogen-bond donors (Lipinski definition) is 1. The summed E-state index contributed by atoms with van der Waals surface area (Å²) in [5.74, 6) is 0. The zero-order valence-corrected chi connectivity index (χ0v) is 11.9. The summed E-state index contributed by atoms with van der Waals surface area (Å²) in [5, 5.41) is 4.06. The van der Waals surface area contributed by atoms with Crippen molar-refractivity contribution in [2.45, 2.75) is 23.1 Å². The number of para-hydroxylation sites is 2. The highest BCUT2D eigenvalue weighted by Crippen LogP contribution is 2.24. The van der Waals surface area contributed by atoms with Crippen molar-refractivity contribution in [3.8, 4) is 0 Å². The van der Waals surface area contributed by atoms with Crippen LogP contribution in [0.25, 0.3) is 11.0 Å². The summed E-state index contributed by atoms with van der Waals surface area (Å²) in [4.78, 5) is 8.72. The van der Waals surface area contributed by atoms with E-state index in [1.807, 2.05) is 24.3 Å². The average molecular weight is 296 g/mol. The lowest BCUT2D eigenvalue weighted by Gasteiger charge is -2.21. The van der Waals surface area contributed by atoms with Gasteiger partial charge in [0.1, 0.15) is 0 Å². The lowest BCUT2D eigenvalue weighted by Crippen LogP contribution is -2.33. The minimum absolute atomic E-state index is 0.120. The lowest BCUT2D eigenvalue weighted by atomic mass is 10.2. The fraction of sp³-hybridized carbons (Fsp3) is 0.385. The molecule has 1 aliphatic rings. The molecule has 0 saturated carbocycles. The van der Waals surface area contributed by atoms with E-state index < -0.39 is 10.8 Å². The van der Waals surface area contributed by atoms with Crippen molar-refractivity contribution >= 4 is 33.4 Å². The molecule has 1 saturated heterocycles. The first-order chi connectivity index (χ1) is 9.25. The number of rotatable bonds is 2. The maximum absolute atomic E-state index is 12.6. The number of fused-ring (bicyclic) bond motifs is 1. The highest BCUT2D eigenvalue weighted by atomic mass is 35.5. The molecule has 0 bridgehead atoms. The van der Waals surface area contributed by atoms with E-state index in [4.69, 9.17) is 11.6 Å². The van der Waals surface area contributed by atoms with Crippen molar-refractivity contribution in [1.29, 1.82) is 0 Å². The van der Waals surface area contributed by atoms with Gasteiger partial charge < -0.3 is 5.32 Å². The second-order valence-electron chi connectivity index (χ2n) is 4.56. The molecule has 19 heavy (non-hydrogen) atoms. The van der Waals surface area contributed by atoms with Gasteiger partial charge in [0.05, 0.1) is 21.8 Å². The number of benzene rings is 1. The minimum atomic E-state index is -1.18. The second kappa shape index (κ2) is 5.53. The van der Waals surface area contributed by atoms with Crippen LogP contribution in [0.1, 0.15) is 12.8 Å². The van der Waals surface area contributed by atoms with Crippen LogP contribution in [0.15, 0.2) is 29.3 Å². The van der Waals surface area contributed by atoms with E-state index in [9.17, 15) is 4.21 Å². The van der Waals surface area contributed by atoms with E-state index in [0.29, 0.717) is 5.03 Å². The molecule has 6 heteroatoms. The van der Waals surface area contributed by atoms with Gasteiger partial charge in [-0.15, -0.1) is 0 Å². The number of hydrogen-bond acceptors (Lipinski definition) is 4. The Balaban J connectivity index is 1.99. The molecule has 0 spiro atoms. The molecule has 0 aliphatic carbocycles. The number of halogens is 1. The lowest BCUT2D eigenvalue weighted by molar-refractivity contribution is 0.519. The smallest absolute Gasteiger partial charge is 0.165 e. The van der Waals surface area contributed by atoms with Crippen molar-refractivity contribution in [2.75, 3.05) is 13.1 Å². The highest BCUT2D eigenvalue weighted by Gasteiger charge is 2.24. The third-order valence-electron chi connectivity index (χ3n) is 3.28. The maximum Gasteiger partial charge on any atom is 0.165 e. The monoisotopic (exact) mass is 295 g/mol. The van der Waals surface area contributed by atoms with E-state index >= 15 is 0 Å². The Morgan fingerprint density at radius 1 is 1.16 bits per heavy atom. The van der Waals surface area contributed by atoms with Crippen LogP contribution in [0.2, 0.25) is 5.15 Å². The van der Waals surface area contributed by atoms with Crippen molar-refractivity contribution in [1.82, 2.24) is 15.3 Å². The maximum atomic E-state index is 12.6. The molecule has 0 amide bonds. The molecule has 100 valence electrons. The Morgan fingerprint density at radius 2 is 1.79 bits per heavy atom. The fourth-order valence-corrected chi connectivity index (χ4v) is 4.00. The van der Waals surface area contributed by atoms with Gasteiger partial charge in [-0.2, -0.15) is 0 Å². The van der Waals surface area contributed by atoms with Gasteiger partial charge in [-0.05, 0) is 38.1 Å². The molecule has 3 rings (SSSR count). The van der Waals surface area contributed by atoms with E-state index in [-0.39, 0.29) is 10.4 Å². The van der Waals surface area contributed by atoms with Crippen LogP contribution in [-0.2, 0) is 10.8 Å². The molecule has 1 N–H and O–H groups in total. The second-order valence-corrected chi connectivity index (χ2v) is 6.56. The molecular formula is C13H14ClN3OS. The minimum Gasteiger partial charge on any atom is -0.317 e. The first-order valence-electron chi connectivity index (χ1n) is 6.29. The van der Waals surface area contributed by atoms with Gasteiger partial charge >= 0.3 is 0 Å². The molecule has 1 atom stereocenters. The zero-order valence-electron chi connectivity index (χ0n) is 10.3. The van der Waals surface area contributed by atoms with E-state index in [1.165, 1.54) is 0 Å². The predicted molar refractivity (Wildman–Crippen MR) is 76.8 cm³/mol. The summed E-state index contributed by atoms with van der Waals surface area (Å²) in [6.45, 7) is 1.80. The summed E-state index contributed by atoms with van der Waals surface area (Å²) in [6.07, 6.45) is 1.77. The molecule has 1 aliphatic heterocycles. The molecule has 1 unspecified atom stereocenters. The normalized spacial score (nSPS) is 18.6. The summed E-state index contributed by atoms with van der Waals surface area (Å²) >= 11 is 6.14. The first-order valence-corrected chi connectivity index (χ1v) is 7.88. The predicted octanol–water partition coefficient (Wildman–Crippen LogP) is 2.14. The molecule has 2 heterocycles. The van der Waals surface area contributed by atoms with Gasteiger partial charge in [0.25, 0.3) is 0 Å². The SMILES string of the molecule is O=S(c1nc2ccccc2nc1Cl)C1CCNCC1. The van der Waals surface area contributed by atoms with Crippen molar-refractivity contribution in [3.63, 3.8) is 0 Å². The van der Waals surface area contributed by atoms with Gasteiger partial charge in [-0.3, -0.25) is 4.21 Å². The van der Waals surface area contributed by atoms with Gasteiger partial charge in [-0.25, -0.2) is 9.97 Å². The fourth-order valence-electron chi connectivity index (χ4n) is 2.26. The first kappa shape index (κ1) is 13.0. The third kappa shape index (κ3) is 2.63. The third-order valence-corrected chi connectivity index (χ3v) is 5.40. The number of nitrogens with one attached hydrogen (secondary N) is 1. The average Bonchev–Trinajstić information content (AvgIpc) is 2.47. The Kier molecular flexibility index (Phi) is 3.77. The van der Waals surface area contributed by atoms with E-state index in [1.54, 1.807) is 0 Å². The van der Waals surface area contributed by atoms with Crippen molar-refractivity contribution in [3.05, 3.63) is 29.4 Å². The van der Waals surface area contributed by atoms with Crippen molar-refractivity contribution < 1.29 is 4.21 Å². The van der Waals surface area contributed by atoms with Gasteiger partial charge in [0.2, 0.25) is 0 Å². The number of aromatic nitrogens is 2. The Labute approximate surface area is 119 Å². The molecule has 1 aromatic carbocycles. The van der Waals surface area contributed by atoms with Crippen molar-refractivity contribution in [2.24, 2.45) is 0 Å². The van der Waals surface area contributed by atoms with Crippen LogP contribution in [0.5, 0.6) is 0 Å². The molecule has 2 aromatic rings. The Morgan fingerprint density at radius 3 is 2.47 bits per heavy atom. The molecule has 0 radical (unpaired) electrons. The quantitative estimate of drug-likeness (QED) is 0.922. The van der Waals surface area contributed by atoms with Crippen LogP contribution in [-0.4, -0.2) is 32.5 Å². The highest BCUT2D eigenvalue weighted by molar-refractivity contribution is 7.85. The van der Waals surface area contributed by atoms with Gasteiger partial charge in [0, 0.05) is 5.25 Å². The summed E-state index contributed by atoms with van der Waals surface area (Å²) in [5.41, 5.74) is 1.47. The zero-order chi connectivity index (χ0) is 13.2.